The molecule has 1 aliphatic carbocycles. The van der Waals surface area contributed by atoms with E-state index >= 15 is 0 Å². The number of aryl methyl sites for hydroxylation is 1. The van der Waals surface area contributed by atoms with Gasteiger partial charge in [-0.05, 0) is 44.2 Å². The quantitative estimate of drug-likeness (QED) is 0.828. The molecule has 0 aromatic carbocycles. The highest BCUT2D eigenvalue weighted by molar-refractivity contribution is 5.95. The Morgan fingerprint density at radius 2 is 2.16 bits per heavy atom. The van der Waals surface area contributed by atoms with E-state index in [1.54, 1.807) is 0 Å². The minimum absolute atomic E-state index is 0.0290. The lowest BCUT2D eigenvalue weighted by Crippen LogP contribution is -2.39. The molecule has 1 aromatic rings. The molecule has 2 N–H and O–H groups in total. The smallest absolute Gasteiger partial charge is 0.251 e. The van der Waals surface area contributed by atoms with Crippen molar-refractivity contribution >= 4 is 11.7 Å². The number of nitrogens with one attached hydrogen (secondary N) is 2. The molecule has 104 valence electrons. The zero-order chi connectivity index (χ0) is 13.7. The summed E-state index contributed by atoms with van der Waals surface area (Å²) in [6, 6.07) is 4.12. The first kappa shape index (κ1) is 13.8. The zero-order valence-corrected chi connectivity index (χ0v) is 11.8. The monoisotopic (exact) mass is 261 g/mol. The summed E-state index contributed by atoms with van der Waals surface area (Å²) in [6.07, 6.45) is 5.33. The van der Waals surface area contributed by atoms with Crippen molar-refractivity contribution in [3.63, 3.8) is 0 Å². The van der Waals surface area contributed by atoms with E-state index in [1.807, 2.05) is 12.1 Å². The third-order valence-electron chi connectivity index (χ3n) is 3.50. The predicted molar refractivity (Wildman–Crippen MR) is 77.5 cm³/mol. The second-order valence-electron chi connectivity index (χ2n) is 5.11. The van der Waals surface area contributed by atoms with Crippen LogP contribution in [0.15, 0.2) is 12.1 Å². The van der Waals surface area contributed by atoms with Crippen LogP contribution >= 0.6 is 0 Å². The Kier molecular flexibility index (Phi) is 4.77. The first-order valence-corrected chi connectivity index (χ1v) is 7.28. The lowest BCUT2D eigenvalue weighted by molar-refractivity contribution is 0.0917. The highest BCUT2D eigenvalue weighted by Gasteiger charge is 2.20. The van der Waals surface area contributed by atoms with Gasteiger partial charge >= 0.3 is 0 Å². The van der Waals surface area contributed by atoms with Crippen LogP contribution in [0.25, 0.3) is 0 Å². The van der Waals surface area contributed by atoms with Gasteiger partial charge in [-0.2, -0.15) is 0 Å². The van der Waals surface area contributed by atoms with E-state index in [1.165, 1.54) is 6.42 Å². The van der Waals surface area contributed by atoms with Crippen LogP contribution in [-0.4, -0.2) is 23.5 Å². The van der Waals surface area contributed by atoms with Gasteiger partial charge < -0.3 is 10.6 Å². The van der Waals surface area contributed by atoms with Crippen molar-refractivity contribution in [3.8, 4) is 0 Å². The highest BCUT2D eigenvalue weighted by atomic mass is 16.1. The molecule has 1 aromatic heterocycles. The van der Waals surface area contributed by atoms with E-state index in [0.717, 1.165) is 49.3 Å². The third-order valence-corrected chi connectivity index (χ3v) is 3.50. The number of nitrogens with zero attached hydrogens (tertiary/aromatic N) is 1. The van der Waals surface area contributed by atoms with Crippen molar-refractivity contribution in [3.05, 3.63) is 23.4 Å². The number of pyridine rings is 1. The number of anilines is 1. The summed E-state index contributed by atoms with van der Waals surface area (Å²) in [7, 11) is 0. The standard InChI is InChI=1S/C15H23N3O/c1-3-8-16-14-10-11(9-12(4-2)17-14)15(19)18-13-6-5-7-13/h9-10,13H,3-8H2,1-2H3,(H,16,17)(H,18,19). The van der Waals surface area contributed by atoms with Crippen LogP contribution in [0.5, 0.6) is 0 Å². The van der Waals surface area contributed by atoms with Crippen LogP contribution < -0.4 is 10.6 Å². The van der Waals surface area contributed by atoms with Gasteiger partial charge in [-0.15, -0.1) is 0 Å². The number of aromatic nitrogens is 1. The molecule has 19 heavy (non-hydrogen) atoms. The molecular weight excluding hydrogens is 238 g/mol. The van der Waals surface area contributed by atoms with Crippen LogP contribution in [0.1, 0.15) is 55.6 Å². The molecule has 0 aliphatic heterocycles. The fraction of sp³-hybridized carbons (Fsp3) is 0.600. The molecular formula is C15H23N3O. The van der Waals surface area contributed by atoms with Crippen LogP contribution in [0.4, 0.5) is 5.82 Å². The van der Waals surface area contributed by atoms with E-state index in [9.17, 15) is 4.79 Å². The first-order valence-electron chi connectivity index (χ1n) is 7.28. The fourth-order valence-electron chi connectivity index (χ4n) is 2.06. The summed E-state index contributed by atoms with van der Waals surface area (Å²) in [5.74, 6) is 0.835. The van der Waals surface area contributed by atoms with Crippen molar-refractivity contribution in [2.75, 3.05) is 11.9 Å². The molecule has 2 rings (SSSR count). The molecule has 1 heterocycles. The first-order chi connectivity index (χ1) is 9.22. The molecule has 1 fully saturated rings. The molecule has 1 amide bonds. The maximum absolute atomic E-state index is 12.2. The molecule has 4 nitrogen and oxygen atoms in total. The number of amides is 1. The van der Waals surface area contributed by atoms with Gasteiger partial charge in [0.1, 0.15) is 5.82 Å². The van der Waals surface area contributed by atoms with E-state index < -0.39 is 0 Å². The van der Waals surface area contributed by atoms with Crippen molar-refractivity contribution < 1.29 is 4.79 Å². The van der Waals surface area contributed by atoms with Gasteiger partial charge in [0.05, 0.1) is 0 Å². The van der Waals surface area contributed by atoms with Gasteiger partial charge in [0.25, 0.3) is 5.91 Å². The Bertz CT molecular complexity index is 441. The maximum atomic E-state index is 12.2. The normalized spacial score (nSPS) is 14.8. The maximum Gasteiger partial charge on any atom is 0.251 e. The summed E-state index contributed by atoms with van der Waals surface area (Å²) < 4.78 is 0. The van der Waals surface area contributed by atoms with Crippen LogP contribution in [0, 0.1) is 0 Å². The fourth-order valence-corrected chi connectivity index (χ4v) is 2.06. The molecule has 0 radical (unpaired) electrons. The van der Waals surface area contributed by atoms with Crippen LogP contribution in [-0.2, 0) is 6.42 Å². The SMILES string of the molecule is CCCNc1cc(C(=O)NC2CCC2)cc(CC)n1. The van der Waals surface area contributed by atoms with E-state index in [-0.39, 0.29) is 5.91 Å². The molecule has 4 heteroatoms. The average molecular weight is 261 g/mol. The van der Waals surface area contributed by atoms with Crippen molar-refractivity contribution in [2.24, 2.45) is 0 Å². The van der Waals surface area contributed by atoms with E-state index in [0.29, 0.717) is 6.04 Å². The topological polar surface area (TPSA) is 54.0 Å². The summed E-state index contributed by atoms with van der Waals surface area (Å²) in [4.78, 5) is 16.7. The highest BCUT2D eigenvalue weighted by Crippen LogP contribution is 2.19. The lowest BCUT2D eigenvalue weighted by atomic mass is 9.93. The molecule has 0 unspecified atom stereocenters. The molecule has 1 aliphatic rings. The summed E-state index contributed by atoms with van der Waals surface area (Å²) >= 11 is 0. The van der Waals surface area contributed by atoms with Gasteiger partial charge in [0, 0.05) is 23.8 Å². The zero-order valence-electron chi connectivity index (χ0n) is 11.8. The van der Waals surface area contributed by atoms with Gasteiger partial charge in [0.15, 0.2) is 0 Å². The van der Waals surface area contributed by atoms with Gasteiger partial charge in [-0.3, -0.25) is 4.79 Å². The summed E-state index contributed by atoms with van der Waals surface area (Å²) in [5.41, 5.74) is 1.68. The average Bonchev–Trinajstić information content (AvgIpc) is 2.39. The van der Waals surface area contributed by atoms with Crippen LogP contribution in [0.2, 0.25) is 0 Å². The Balaban J connectivity index is 2.10. The number of rotatable bonds is 6. The van der Waals surface area contributed by atoms with Crippen LogP contribution in [0.3, 0.4) is 0 Å². The van der Waals surface area contributed by atoms with E-state index in [2.05, 4.69) is 29.5 Å². The second-order valence-corrected chi connectivity index (χ2v) is 5.11. The Morgan fingerprint density at radius 1 is 1.37 bits per heavy atom. The number of carbonyl (C=O) groups is 1. The van der Waals surface area contributed by atoms with Gasteiger partial charge in [-0.25, -0.2) is 4.98 Å². The largest absolute Gasteiger partial charge is 0.370 e. The number of carbonyl (C=O) groups excluding carboxylic acids is 1. The molecule has 0 atom stereocenters. The molecule has 0 spiro atoms. The van der Waals surface area contributed by atoms with Gasteiger partial charge in [0.2, 0.25) is 0 Å². The number of hydrogen-bond acceptors (Lipinski definition) is 3. The summed E-state index contributed by atoms with van der Waals surface area (Å²) in [5, 5.41) is 6.33. The van der Waals surface area contributed by atoms with Gasteiger partial charge in [-0.1, -0.05) is 13.8 Å². The minimum Gasteiger partial charge on any atom is -0.370 e. The van der Waals surface area contributed by atoms with Crippen molar-refractivity contribution in [1.82, 2.24) is 10.3 Å². The Morgan fingerprint density at radius 3 is 2.74 bits per heavy atom. The summed E-state index contributed by atoms with van der Waals surface area (Å²) in [6.45, 7) is 5.05. The predicted octanol–water partition coefficient (Wildman–Crippen LogP) is 2.75. The molecule has 0 bridgehead atoms. The lowest BCUT2D eigenvalue weighted by Gasteiger charge is -2.26. The minimum atomic E-state index is 0.0290. The third kappa shape index (κ3) is 3.69. The Hall–Kier alpha value is -1.58. The molecule has 1 saturated carbocycles. The number of hydrogen-bond donors (Lipinski definition) is 2. The van der Waals surface area contributed by atoms with E-state index in [4.69, 9.17) is 0 Å². The second kappa shape index (κ2) is 6.55. The van der Waals surface area contributed by atoms with Crippen molar-refractivity contribution in [2.45, 2.75) is 52.0 Å². The Labute approximate surface area is 115 Å². The van der Waals surface area contributed by atoms with Crippen molar-refractivity contribution in [1.29, 1.82) is 0 Å². The molecule has 0 saturated heterocycles.